The summed E-state index contributed by atoms with van der Waals surface area (Å²) in [6.45, 7) is 2.34. The standard InChI is InChI=1S/C18H18Cl2N2O2S/c1-2-21-17(23)10-22-18(24)13-5-3-12(4-6-13)11-25-16-9-14(19)7-8-15(16)20/h3-9H,2,10-11H2,1H3,(H,21,23)(H,22,24). The Labute approximate surface area is 161 Å². The summed E-state index contributed by atoms with van der Waals surface area (Å²) < 4.78 is 0. The van der Waals surface area contributed by atoms with E-state index in [0.29, 0.717) is 27.9 Å². The molecule has 0 fully saturated rings. The minimum Gasteiger partial charge on any atom is -0.355 e. The van der Waals surface area contributed by atoms with E-state index in [1.165, 1.54) is 0 Å². The Kier molecular flexibility index (Phi) is 7.62. The number of rotatable bonds is 7. The lowest BCUT2D eigenvalue weighted by molar-refractivity contribution is -0.120. The predicted molar refractivity (Wildman–Crippen MR) is 103 cm³/mol. The van der Waals surface area contributed by atoms with Crippen LogP contribution in [0.3, 0.4) is 0 Å². The fourth-order valence-corrected chi connectivity index (χ4v) is 3.47. The molecule has 0 aliphatic heterocycles. The normalized spacial score (nSPS) is 10.4. The largest absolute Gasteiger partial charge is 0.355 e. The Morgan fingerprint density at radius 2 is 1.76 bits per heavy atom. The molecule has 4 nitrogen and oxygen atoms in total. The molecular weight excluding hydrogens is 379 g/mol. The van der Waals surface area contributed by atoms with Gasteiger partial charge in [-0.05, 0) is 42.8 Å². The summed E-state index contributed by atoms with van der Waals surface area (Å²) in [6.07, 6.45) is 0. The zero-order valence-corrected chi connectivity index (χ0v) is 16.0. The predicted octanol–water partition coefficient (Wildman–Crippen LogP) is 4.15. The molecule has 0 heterocycles. The first-order valence-electron chi connectivity index (χ1n) is 7.71. The summed E-state index contributed by atoms with van der Waals surface area (Å²) in [4.78, 5) is 24.3. The number of hydrogen-bond donors (Lipinski definition) is 2. The lowest BCUT2D eigenvalue weighted by atomic mass is 10.1. The van der Waals surface area contributed by atoms with Crippen LogP contribution in [0, 0.1) is 0 Å². The van der Waals surface area contributed by atoms with Gasteiger partial charge in [0.15, 0.2) is 0 Å². The molecule has 0 aliphatic rings. The van der Waals surface area contributed by atoms with Crippen LogP contribution >= 0.6 is 35.0 Å². The first kappa shape index (κ1) is 19.6. The van der Waals surface area contributed by atoms with Crippen LogP contribution in [0.2, 0.25) is 10.0 Å². The van der Waals surface area contributed by atoms with Gasteiger partial charge in [-0.1, -0.05) is 35.3 Å². The minimum absolute atomic E-state index is 0.0302. The van der Waals surface area contributed by atoms with Crippen molar-refractivity contribution < 1.29 is 9.59 Å². The lowest BCUT2D eigenvalue weighted by Gasteiger charge is -2.07. The van der Waals surface area contributed by atoms with Crippen LogP contribution in [0.25, 0.3) is 0 Å². The van der Waals surface area contributed by atoms with Crippen LogP contribution in [-0.4, -0.2) is 24.9 Å². The molecular formula is C18H18Cl2N2O2S. The van der Waals surface area contributed by atoms with E-state index in [-0.39, 0.29) is 18.4 Å². The molecule has 2 N–H and O–H groups in total. The van der Waals surface area contributed by atoms with E-state index >= 15 is 0 Å². The zero-order valence-electron chi connectivity index (χ0n) is 13.6. The summed E-state index contributed by atoms with van der Waals surface area (Å²) in [5, 5.41) is 6.52. The first-order valence-corrected chi connectivity index (χ1v) is 9.45. The third-order valence-electron chi connectivity index (χ3n) is 3.29. The molecule has 132 valence electrons. The van der Waals surface area contributed by atoms with Gasteiger partial charge in [-0.2, -0.15) is 0 Å². The SMILES string of the molecule is CCNC(=O)CNC(=O)c1ccc(CSc2cc(Cl)ccc2Cl)cc1. The van der Waals surface area contributed by atoms with Gasteiger partial charge in [0.1, 0.15) is 0 Å². The monoisotopic (exact) mass is 396 g/mol. The van der Waals surface area contributed by atoms with E-state index in [4.69, 9.17) is 23.2 Å². The summed E-state index contributed by atoms with van der Waals surface area (Å²) >= 11 is 13.7. The Balaban J connectivity index is 1.90. The number of thioether (sulfide) groups is 1. The number of benzene rings is 2. The Morgan fingerprint density at radius 3 is 2.44 bits per heavy atom. The van der Waals surface area contributed by atoms with Gasteiger partial charge in [0, 0.05) is 27.8 Å². The van der Waals surface area contributed by atoms with Gasteiger partial charge >= 0.3 is 0 Å². The second kappa shape index (κ2) is 9.70. The van der Waals surface area contributed by atoms with Crippen molar-refractivity contribution in [2.75, 3.05) is 13.1 Å². The molecule has 0 radical (unpaired) electrons. The van der Waals surface area contributed by atoms with Crippen molar-refractivity contribution in [3.8, 4) is 0 Å². The molecule has 0 unspecified atom stereocenters. The van der Waals surface area contributed by atoms with Crippen molar-refractivity contribution in [2.24, 2.45) is 0 Å². The van der Waals surface area contributed by atoms with Gasteiger partial charge in [-0.25, -0.2) is 0 Å². The van der Waals surface area contributed by atoms with Crippen LogP contribution in [-0.2, 0) is 10.5 Å². The molecule has 0 atom stereocenters. The highest BCUT2D eigenvalue weighted by molar-refractivity contribution is 7.98. The van der Waals surface area contributed by atoms with Crippen molar-refractivity contribution in [3.63, 3.8) is 0 Å². The third kappa shape index (κ3) is 6.27. The van der Waals surface area contributed by atoms with Crippen molar-refractivity contribution in [2.45, 2.75) is 17.6 Å². The fraction of sp³-hybridized carbons (Fsp3) is 0.222. The maximum absolute atomic E-state index is 12.0. The fourth-order valence-electron chi connectivity index (χ4n) is 2.02. The highest BCUT2D eigenvalue weighted by atomic mass is 35.5. The van der Waals surface area contributed by atoms with Crippen molar-refractivity contribution >= 4 is 46.8 Å². The second-order valence-corrected chi connectivity index (χ2v) is 7.06. The molecule has 0 aliphatic carbocycles. The van der Waals surface area contributed by atoms with Gasteiger partial charge < -0.3 is 10.6 Å². The topological polar surface area (TPSA) is 58.2 Å². The van der Waals surface area contributed by atoms with E-state index in [2.05, 4.69) is 10.6 Å². The van der Waals surface area contributed by atoms with Gasteiger partial charge in [0.05, 0.1) is 11.6 Å². The zero-order chi connectivity index (χ0) is 18.2. The van der Waals surface area contributed by atoms with E-state index in [1.54, 1.807) is 36.0 Å². The lowest BCUT2D eigenvalue weighted by Crippen LogP contribution is -2.36. The van der Waals surface area contributed by atoms with Crippen LogP contribution < -0.4 is 10.6 Å². The number of likely N-dealkylation sites (N-methyl/N-ethyl adjacent to an activating group) is 1. The molecule has 0 saturated heterocycles. The van der Waals surface area contributed by atoms with Gasteiger partial charge in [-0.15, -0.1) is 11.8 Å². The molecule has 2 amide bonds. The minimum atomic E-state index is -0.275. The van der Waals surface area contributed by atoms with E-state index in [1.807, 2.05) is 25.1 Å². The number of carbonyl (C=O) groups excluding carboxylic acids is 2. The maximum Gasteiger partial charge on any atom is 0.251 e. The Bertz CT molecular complexity index is 751. The quantitative estimate of drug-likeness (QED) is 0.690. The number of carbonyl (C=O) groups is 2. The van der Waals surface area contributed by atoms with Crippen LogP contribution in [0.15, 0.2) is 47.4 Å². The Morgan fingerprint density at radius 1 is 1.04 bits per heavy atom. The van der Waals surface area contributed by atoms with E-state index in [0.717, 1.165) is 10.5 Å². The van der Waals surface area contributed by atoms with Crippen LogP contribution in [0.1, 0.15) is 22.8 Å². The molecule has 0 saturated carbocycles. The van der Waals surface area contributed by atoms with E-state index < -0.39 is 0 Å². The highest BCUT2D eigenvalue weighted by Gasteiger charge is 2.08. The van der Waals surface area contributed by atoms with Gasteiger partial charge in [0.2, 0.25) is 5.91 Å². The molecule has 2 aromatic rings. The van der Waals surface area contributed by atoms with Gasteiger partial charge in [-0.3, -0.25) is 9.59 Å². The second-order valence-electron chi connectivity index (χ2n) is 5.20. The maximum atomic E-state index is 12.0. The summed E-state index contributed by atoms with van der Waals surface area (Å²) in [5.41, 5.74) is 1.57. The number of halogens is 2. The molecule has 0 bridgehead atoms. The Hall–Kier alpha value is -1.69. The first-order chi connectivity index (χ1) is 12.0. The van der Waals surface area contributed by atoms with Crippen LogP contribution in [0.5, 0.6) is 0 Å². The summed E-state index contributed by atoms with van der Waals surface area (Å²) in [7, 11) is 0. The van der Waals surface area contributed by atoms with Crippen molar-refractivity contribution in [1.82, 2.24) is 10.6 Å². The van der Waals surface area contributed by atoms with Crippen molar-refractivity contribution in [3.05, 3.63) is 63.6 Å². The number of nitrogens with one attached hydrogen (secondary N) is 2. The van der Waals surface area contributed by atoms with Crippen molar-refractivity contribution in [1.29, 1.82) is 0 Å². The van der Waals surface area contributed by atoms with Gasteiger partial charge in [0.25, 0.3) is 5.91 Å². The number of hydrogen-bond acceptors (Lipinski definition) is 3. The summed E-state index contributed by atoms with van der Waals surface area (Å²) in [5.74, 6) is 0.228. The summed E-state index contributed by atoms with van der Waals surface area (Å²) in [6, 6.07) is 12.6. The average Bonchev–Trinajstić information content (AvgIpc) is 2.61. The molecule has 0 spiro atoms. The third-order valence-corrected chi connectivity index (χ3v) is 5.09. The van der Waals surface area contributed by atoms with Crippen LogP contribution in [0.4, 0.5) is 0 Å². The molecule has 2 aromatic carbocycles. The highest BCUT2D eigenvalue weighted by Crippen LogP contribution is 2.32. The van der Waals surface area contributed by atoms with E-state index in [9.17, 15) is 9.59 Å². The average molecular weight is 397 g/mol. The number of amides is 2. The molecule has 0 aromatic heterocycles. The smallest absolute Gasteiger partial charge is 0.251 e. The molecule has 25 heavy (non-hydrogen) atoms. The molecule has 7 heteroatoms. The molecule has 2 rings (SSSR count).